The maximum Gasteiger partial charge on any atom is 0.146 e. The first kappa shape index (κ1) is 15.3. The second-order valence-electron chi connectivity index (χ2n) is 5.43. The molecule has 1 aromatic rings. The van der Waals surface area contributed by atoms with Crippen molar-refractivity contribution in [1.29, 1.82) is 0 Å². The van der Waals surface area contributed by atoms with Gasteiger partial charge in [-0.3, -0.25) is 0 Å². The average molecular weight is 281 g/mol. The molecule has 1 unspecified atom stereocenters. The molecule has 2 rings (SSSR count). The predicted octanol–water partition coefficient (Wildman–Crippen LogP) is 3.27. The summed E-state index contributed by atoms with van der Waals surface area (Å²) in [5, 5.41) is 9.84. The van der Waals surface area contributed by atoms with Gasteiger partial charge in [-0.05, 0) is 32.3 Å². The monoisotopic (exact) mass is 281 g/mol. The van der Waals surface area contributed by atoms with Crippen LogP contribution in [0.3, 0.4) is 0 Å². The average Bonchev–Trinajstić information content (AvgIpc) is 2.45. The zero-order chi connectivity index (χ0) is 14.5. The van der Waals surface area contributed by atoms with Gasteiger partial charge in [0.05, 0.1) is 17.9 Å². The van der Waals surface area contributed by atoms with Gasteiger partial charge in [-0.2, -0.15) is 0 Å². The Bertz CT molecular complexity index is 436. The molecule has 1 aromatic carbocycles. The molecule has 1 aliphatic rings. The van der Waals surface area contributed by atoms with Crippen molar-refractivity contribution < 1.29 is 14.2 Å². The van der Waals surface area contributed by atoms with Gasteiger partial charge in [0.2, 0.25) is 0 Å². The molecular weight excluding hydrogens is 257 g/mol. The van der Waals surface area contributed by atoms with Crippen LogP contribution in [-0.4, -0.2) is 30.9 Å². The molecule has 0 amide bonds. The third-order valence-corrected chi connectivity index (χ3v) is 3.72. The molecule has 112 valence electrons. The van der Waals surface area contributed by atoms with Crippen LogP contribution in [0.4, 0.5) is 10.1 Å². The summed E-state index contributed by atoms with van der Waals surface area (Å²) in [6.07, 6.45) is 2.49. The summed E-state index contributed by atoms with van der Waals surface area (Å²) >= 11 is 0. The summed E-state index contributed by atoms with van der Waals surface area (Å²) in [5.74, 6) is -0.264. The molecular formula is C16H24FNO2. The normalized spacial score (nSPS) is 21.0. The number of halogens is 1. The van der Waals surface area contributed by atoms with E-state index in [4.69, 9.17) is 4.74 Å². The molecule has 0 aromatic heterocycles. The fraction of sp³-hybridized carbons (Fsp3) is 0.625. The van der Waals surface area contributed by atoms with E-state index in [1.54, 1.807) is 19.1 Å². The lowest BCUT2D eigenvalue weighted by Gasteiger charge is -2.36. The van der Waals surface area contributed by atoms with Crippen molar-refractivity contribution in [3.05, 3.63) is 29.6 Å². The molecule has 1 heterocycles. The molecule has 0 spiro atoms. The van der Waals surface area contributed by atoms with Gasteiger partial charge < -0.3 is 14.7 Å². The molecule has 0 saturated carbocycles. The molecule has 4 heteroatoms. The first-order valence-electron chi connectivity index (χ1n) is 7.46. The van der Waals surface area contributed by atoms with E-state index in [9.17, 15) is 9.50 Å². The Morgan fingerprint density at radius 1 is 1.50 bits per heavy atom. The molecule has 1 aliphatic heterocycles. The molecule has 1 N–H and O–H groups in total. The number of rotatable bonds is 5. The minimum atomic E-state index is -0.669. The van der Waals surface area contributed by atoms with Crippen molar-refractivity contribution >= 4 is 5.69 Å². The van der Waals surface area contributed by atoms with Crippen molar-refractivity contribution in [3.63, 3.8) is 0 Å². The van der Waals surface area contributed by atoms with E-state index >= 15 is 0 Å². The zero-order valence-corrected chi connectivity index (χ0v) is 12.3. The second-order valence-corrected chi connectivity index (χ2v) is 5.43. The van der Waals surface area contributed by atoms with Gasteiger partial charge in [-0.25, -0.2) is 4.39 Å². The van der Waals surface area contributed by atoms with Gasteiger partial charge in [0.1, 0.15) is 5.82 Å². The van der Waals surface area contributed by atoms with Gasteiger partial charge in [0.25, 0.3) is 0 Å². The smallest absolute Gasteiger partial charge is 0.146 e. The Hall–Kier alpha value is -1.13. The fourth-order valence-corrected chi connectivity index (χ4v) is 2.76. The van der Waals surface area contributed by atoms with Crippen molar-refractivity contribution in [2.45, 2.75) is 45.3 Å². The number of aliphatic hydroxyl groups is 1. The van der Waals surface area contributed by atoms with Crippen LogP contribution in [0, 0.1) is 5.82 Å². The van der Waals surface area contributed by atoms with Gasteiger partial charge in [-0.1, -0.05) is 19.1 Å². The third-order valence-electron chi connectivity index (χ3n) is 3.72. The summed E-state index contributed by atoms with van der Waals surface area (Å²) in [4.78, 5) is 2.02. The van der Waals surface area contributed by atoms with E-state index in [2.05, 4.69) is 6.92 Å². The van der Waals surface area contributed by atoms with Gasteiger partial charge in [0, 0.05) is 25.3 Å². The van der Waals surface area contributed by atoms with E-state index < -0.39 is 6.10 Å². The zero-order valence-electron chi connectivity index (χ0n) is 12.3. The lowest BCUT2D eigenvalue weighted by molar-refractivity contribution is 0.0438. The molecule has 1 saturated heterocycles. The summed E-state index contributed by atoms with van der Waals surface area (Å²) < 4.78 is 20.0. The minimum Gasteiger partial charge on any atom is -0.389 e. The minimum absolute atomic E-state index is 0.158. The number of anilines is 1. The van der Waals surface area contributed by atoms with Gasteiger partial charge >= 0.3 is 0 Å². The van der Waals surface area contributed by atoms with Crippen LogP contribution in [0.1, 0.15) is 44.8 Å². The van der Waals surface area contributed by atoms with E-state index in [1.165, 1.54) is 6.07 Å². The van der Waals surface area contributed by atoms with Gasteiger partial charge in [-0.15, -0.1) is 0 Å². The van der Waals surface area contributed by atoms with Crippen molar-refractivity contribution in [2.75, 3.05) is 24.6 Å². The molecule has 1 fully saturated rings. The number of nitrogens with zero attached hydrogens (tertiary/aromatic N) is 1. The molecule has 3 nitrogen and oxygen atoms in total. The van der Waals surface area contributed by atoms with E-state index in [0.717, 1.165) is 32.4 Å². The number of hydrogen-bond acceptors (Lipinski definition) is 3. The Balaban J connectivity index is 2.18. The quantitative estimate of drug-likeness (QED) is 0.899. The highest BCUT2D eigenvalue weighted by atomic mass is 19.1. The van der Waals surface area contributed by atoms with Crippen LogP contribution in [0.5, 0.6) is 0 Å². The summed E-state index contributed by atoms with van der Waals surface area (Å²) in [5.41, 5.74) is 1.19. The van der Waals surface area contributed by atoms with Crippen molar-refractivity contribution in [2.24, 2.45) is 0 Å². The fourth-order valence-electron chi connectivity index (χ4n) is 2.76. The highest BCUT2D eigenvalue weighted by molar-refractivity contribution is 5.56. The first-order valence-corrected chi connectivity index (χ1v) is 7.46. The number of piperidine rings is 1. The lowest BCUT2D eigenvalue weighted by atomic mass is 10.0. The second kappa shape index (κ2) is 7.04. The molecule has 0 radical (unpaired) electrons. The highest BCUT2D eigenvalue weighted by Gasteiger charge is 2.25. The van der Waals surface area contributed by atoms with Crippen LogP contribution in [0.2, 0.25) is 0 Å². The SMILES string of the molecule is CCCOC1CCCN(c2c(F)cccc2[C@@H](C)O)C1. The van der Waals surface area contributed by atoms with E-state index in [0.29, 0.717) is 17.8 Å². The van der Waals surface area contributed by atoms with Crippen LogP contribution < -0.4 is 4.90 Å². The predicted molar refractivity (Wildman–Crippen MR) is 78.5 cm³/mol. The Morgan fingerprint density at radius 2 is 2.30 bits per heavy atom. The number of benzene rings is 1. The topological polar surface area (TPSA) is 32.7 Å². The van der Waals surface area contributed by atoms with E-state index in [1.807, 2.05) is 4.90 Å². The third kappa shape index (κ3) is 3.49. The molecule has 0 bridgehead atoms. The largest absolute Gasteiger partial charge is 0.389 e. The highest BCUT2D eigenvalue weighted by Crippen LogP contribution is 2.31. The number of hydrogen-bond donors (Lipinski definition) is 1. The van der Waals surface area contributed by atoms with E-state index in [-0.39, 0.29) is 11.9 Å². The maximum absolute atomic E-state index is 14.2. The Kier molecular flexibility index (Phi) is 5.38. The molecule has 0 aliphatic carbocycles. The number of ether oxygens (including phenoxy) is 1. The summed E-state index contributed by atoms with van der Waals surface area (Å²) in [6.45, 7) is 6.02. The van der Waals surface area contributed by atoms with Crippen LogP contribution in [0.25, 0.3) is 0 Å². The van der Waals surface area contributed by atoms with Crippen molar-refractivity contribution in [1.82, 2.24) is 0 Å². The van der Waals surface area contributed by atoms with Crippen LogP contribution in [-0.2, 0) is 4.74 Å². The maximum atomic E-state index is 14.2. The Morgan fingerprint density at radius 3 is 3.00 bits per heavy atom. The first-order chi connectivity index (χ1) is 9.63. The van der Waals surface area contributed by atoms with Crippen LogP contribution >= 0.6 is 0 Å². The standard InChI is InChI=1S/C16H24FNO2/c1-3-10-20-13-6-5-9-18(11-13)16-14(12(2)19)7-4-8-15(16)17/h4,7-8,12-13,19H,3,5-6,9-11H2,1-2H3/t12-,13?/m1/s1. The van der Waals surface area contributed by atoms with Crippen molar-refractivity contribution in [3.8, 4) is 0 Å². The summed E-state index contributed by atoms with van der Waals surface area (Å²) in [7, 11) is 0. The summed E-state index contributed by atoms with van der Waals surface area (Å²) in [6, 6.07) is 4.90. The molecule has 20 heavy (non-hydrogen) atoms. The van der Waals surface area contributed by atoms with Gasteiger partial charge in [0.15, 0.2) is 0 Å². The number of aliphatic hydroxyl groups excluding tert-OH is 1. The molecule has 2 atom stereocenters. The Labute approximate surface area is 120 Å². The number of para-hydroxylation sites is 1. The lowest BCUT2D eigenvalue weighted by Crippen LogP contribution is -2.40. The van der Waals surface area contributed by atoms with Crippen LogP contribution in [0.15, 0.2) is 18.2 Å².